The fourth-order valence-corrected chi connectivity index (χ4v) is 4.15. The molecule has 4 rings (SSSR count). The zero-order valence-electron chi connectivity index (χ0n) is 16.8. The normalized spacial score (nSPS) is 28.8. The molecule has 0 spiro atoms. The molecule has 2 saturated heterocycles. The molecule has 1 amide bonds. The summed E-state index contributed by atoms with van der Waals surface area (Å²) in [6.45, 7) is 7.53. The Morgan fingerprint density at radius 1 is 1.04 bits per heavy atom. The van der Waals surface area contributed by atoms with Crippen molar-refractivity contribution >= 4 is 11.6 Å². The summed E-state index contributed by atoms with van der Waals surface area (Å²) in [5.74, 6) is 0.358. The lowest BCUT2D eigenvalue weighted by Crippen LogP contribution is -2.45. The van der Waals surface area contributed by atoms with Gasteiger partial charge in [-0.1, -0.05) is 50.6 Å². The topological polar surface area (TPSA) is 59.6 Å². The van der Waals surface area contributed by atoms with Crippen LogP contribution in [-0.4, -0.2) is 43.4 Å². The Kier molecular flexibility index (Phi) is 6.02. The van der Waals surface area contributed by atoms with Crippen LogP contribution in [0, 0.1) is 5.92 Å². The van der Waals surface area contributed by atoms with E-state index < -0.39 is 0 Å². The van der Waals surface area contributed by atoms with Crippen LogP contribution in [0.5, 0.6) is 0 Å². The number of fused-ring (bicyclic) bond motifs is 1. The van der Waals surface area contributed by atoms with Gasteiger partial charge in [0.05, 0.1) is 25.3 Å². The van der Waals surface area contributed by atoms with Gasteiger partial charge in [-0.15, -0.1) is 0 Å². The zero-order chi connectivity index (χ0) is 19.5. The summed E-state index contributed by atoms with van der Waals surface area (Å²) in [5, 5.41) is 6.60. The third-order valence-corrected chi connectivity index (χ3v) is 6.06. The molecule has 0 radical (unpaired) electrons. The molecule has 152 valence electrons. The first-order valence-corrected chi connectivity index (χ1v) is 10.7. The van der Waals surface area contributed by atoms with Crippen molar-refractivity contribution in [2.45, 2.75) is 69.7 Å². The van der Waals surface area contributed by atoms with Crippen LogP contribution in [0.2, 0.25) is 0 Å². The summed E-state index contributed by atoms with van der Waals surface area (Å²) in [6, 6.07) is 8.68. The number of hydrogen-bond acceptors (Lipinski definition) is 4. The second kappa shape index (κ2) is 8.66. The molecular formula is C23H32N2O3. The van der Waals surface area contributed by atoms with Crippen LogP contribution in [0.25, 0.3) is 5.70 Å². The summed E-state index contributed by atoms with van der Waals surface area (Å²) >= 11 is 0. The molecular weight excluding hydrogens is 352 g/mol. The minimum atomic E-state index is -0.0751. The summed E-state index contributed by atoms with van der Waals surface area (Å²) in [6.07, 6.45) is 6.80. The van der Waals surface area contributed by atoms with Crippen LogP contribution in [0.4, 0.5) is 0 Å². The molecule has 1 aromatic rings. The van der Waals surface area contributed by atoms with Crippen LogP contribution in [0.3, 0.4) is 0 Å². The van der Waals surface area contributed by atoms with Gasteiger partial charge >= 0.3 is 0 Å². The van der Waals surface area contributed by atoms with Gasteiger partial charge in [0.25, 0.3) is 0 Å². The summed E-state index contributed by atoms with van der Waals surface area (Å²) < 4.78 is 11.9. The second-order valence-corrected chi connectivity index (χ2v) is 8.37. The minimum Gasteiger partial charge on any atom is -0.377 e. The maximum Gasteiger partial charge on any atom is 0.223 e. The van der Waals surface area contributed by atoms with Gasteiger partial charge in [0.15, 0.2) is 0 Å². The number of benzene rings is 1. The zero-order valence-corrected chi connectivity index (χ0v) is 16.8. The van der Waals surface area contributed by atoms with Crippen molar-refractivity contribution in [1.82, 2.24) is 10.6 Å². The van der Waals surface area contributed by atoms with Crippen LogP contribution >= 0.6 is 0 Å². The van der Waals surface area contributed by atoms with E-state index in [1.165, 1.54) is 24.8 Å². The number of hydrogen-bond donors (Lipinski definition) is 2. The number of rotatable bonds is 9. The Morgan fingerprint density at radius 3 is 2.29 bits per heavy atom. The predicted octanol–water partition coefficient (Wildman–Crippen LogP) is 3.04. The number of unbranched alkanes of at least 4 members (excludes halogenated alkanes) is 2. The van der Waals surface area contributed by atoms with E-state index in [4.69, 9.17) is 9.47 Å². The Hall–Kier alpha value is -1.85. The number of aryl methyl sites for hydroxylation is 1. The van der Waals surface area contributed by atoms with Gasteiger partial charge < -0.3 is 20.1 Å². The highest BCUT2D eigenvalue weighted by atomic mass is 16.6. The molecule has 0 aromatic heterocycles. The van der Waals surface area contributed by atoms with Gasteiger partial charge in [0.2, 0.25) is 5.91 Å². The third-order valence-electron chi connectivity index (χ3n) is 6.06. The van der Waals surface area contributed by atoms with Crippen molar-refractivity contribution < 1.29 is 14.3 Å². The Balaban J connectivity index is 1.28. The SMILES string of the molecule is C=C(N[C@H]1CO[C@H]2[C@@H]1OC[C@@H]2NC(=O)C1CC1)c1ccc(CCCCC)cc1. The average Bonchev–Trinajstić information content (AvgIpc) is 3.38. The largest absolute Gasteiger partial charge is 0.377 e. The number of carbonyl (C=O) groups is 1. The van der Waals surface area contributed by atoms with Crippen molar-refractivity contribution in [3.05, 3.63) is 42.0 Å². The lowest BCUT2D eigenvalue weighted by molar-refractivity contribution is -0.123. The van der Waals surface area contributed by atoms with E-state index in [2.05, 4.69) is 48.4 Å². The van der Waals surface area contributed by atoms with E-state index >= 15 is 0 Å². The maximum atomic E-state index is 12.1. The van der Waals surface area contributed by atoms with Gasteiger partial charge in [-0.05, 0) is 36.8 Å². The molecule has 2 N–H and O–H groups in total. The second-order valence-electron chi connectivity index (χ2n) is 8.37. The average molecular weight is 385 g/mol. The lowest BCUT2D eigenvalue weighted by Gasteiger charge is -2.20. The highest BCUT2D eigenvalue weighted by Crippen LogP contribution is 2.32. The standard InChI is InChI=1S/C23H32N2O3/c1-3-4-5-6-16-7-9-17(10-8-16)15(2)24-19-13-27-22-20(14-28-21(19)22)25-23(26)18-11-12-18/h7-10,18-22,24H,2-6,11-14H2,1H3,(H,25,26)/t19-,20-,21+,22+/m0/s1. The molecule has 0 unspecified atom stereocenters. The first-order chi connectivity index (χ1) is 13.7. The molecule has 1 saturated carbocycles. The van der Waals surface area contributed by atoms with Crippen molar-refractivity contribution in [2.75, 3.05) is 13.2 Å². The molecule has 4 atom stereocenters. The highest BCUT2D eigenvalue weighted by Gasteiger charge is 2.49. The molecule has 0 bridgehead atoms. The molecule has 2 aliphatic heterocycles. The molecule has 5 heteroatoms. The monoisotopic (exact) mass is 384 g/mol. The molecule has 1 aliphatic carbocycles. The molecule has 1 aromatic carbocycles. The third kappa shape index (κ3) is 4.41. The van der Waals surface area contributed by atoms with Crippen molar-refractivity contribution in [2.24, 2.45) is 5.92 Å². The van der Waals surface area contributed by atoms with Gasteiger partial charge in [-0.2, -0.15) is 0 Å². The van der Waals surface area contributed by atoms with E-state index in [0.29, 0.717) is 13.2 Å². The van der Waals surface area contributed by atoms with E-state index in [0.717, 1.165) is 30.5 Å². The molecule has 2 heterocycles. The van der Waals surface area contributed by atoms with E-state index in [1.54, 1.807) is 0 Å². The molecule has 3 fully saturated rings. The van der Waals surface area contributed by atoms with Crippen LogP contribution < -0.4 is 10.6 Å². The van der Waals surface area contributed by atoms with E-state index in [9.17, 15) is 4.79 Å². The Bertz CT molecular complexity index is 698. The number of amides is 1. The number of carbonyl (C=O) groups excluding carboxylic acids is 1. The number of ether oxygens (including phenoxy) is 2. The predicted molar refractivity (Wildman–Crippen MR) is 110 cm³/mol. The van der Waals surface area contributed by atoms with Gasteiger partial charge in [-0.3, -0.25) is 4.79 Å². The van der Waals surface area contributed by atoms with E-state index in [1.807, 2.05) is 0 Å². The van der Waals surface area contributed by atoms with Crippen molar-refractivity contribution in [1.29, 1.82) is 0 Å². The lowest BCUT2D eigenvalue weighted by atomic mass is 10.0. The molecule has 3 aliphatic rings. The van der Waals surface area contributed by atoms with E-state index in [-0.39, 0.29) is 36.1 Å². The number of nitrogens with one attached hydrogen (secondary N) is 2. The first-order valence-electron chi connectivity index (χ1n) is 10.7. The summed E-state index contributed by atoms with van der Waals surface area (Å²) in [7, 11) is 0. The molecule has 5 nitrogen and oxygen atoms in total. The highest BCUT2D eigenvalue weighted by molar-refractivity contribution is 5.81. The Labute approximate surface area is 167 Å². The fourth-order valence-electron chi connectivity index (χ4n) is 4.15. The van der Waals surface area contributed by atoms with Crippen molar-refractivity contribution in [3.8, 4) is 0 Å². The quantitative estimate of drug-likeness (QED) is 0.643. The van der Waals surface area contributed by atoms with Crippen LogP contribution in [0.15, 0.2) is 30.8 Å². The summed E-state index contributed by atoms with van der Waals surface area (Å²) in [5.41, 5.74) is 3.37. The van der Waals surface area contributed by atoms with Crippen LogP contribution in [-0.2, 0) is 20.7 Å². The van der Waals surface area contributed by atoms with Gasteiger partial charge in [-0.25, -0.2) is 0 Å². The fraction of sp³-hybridized carbons (Fsp3) is 0.609. The maximum absolute atomic E-state index is 12.1. The van der Waals surface area contributed by atoms with Crippen LogP contribution in [0.1, 0.15) is 50.2 Å². The minimum absolute atomic E-state index is 0.0411. The Morgan fingerprint density at radius 2 is 1.68 bits per heavy atom. The van der Waals surface area contributed by atoms with Crippen molar-refractivity contribution in [3.63, 3.8) is 0 Å². The van der Waals surface area contributed by atoms with Gasteiger partial charge in [0, 0.05) is 11.6 Å². The summed E-state index contributed by atoms with van der Waals surface area (Å²) in [4.78, 5) is 12.1. The first kappa shape index (κ1) is 19.5. The molecule has 28 heavy (non-hydrogen) atoms. The smallest absolute Gasteiger partial charge is 0.223 e. The van der Waals surface area contributed by atoms with Gasteiger partial charge in [0.1, 0.15) is 12.2 Å².